The topological polar surface area (TPSA) is 40.5 Å². The van der Waals surface area contributed by atoms with Gasteiger partial charge in [0.1, 0.15) is 0 Å². The minimum absolute atomic E-state index is 0.755. The lowest BCUT2D eigenvalue weighted by molar-refractivity contribution is -0.0915. The summed E-state index contributed by atoms with van der Waals surface area (Å²) in [6.07, 6.45) is 4.11. The Morgan fingerprint density at radius 3 is 2.36 bits per heavy atom. The van der Waals surface area contributed by atoms with E-state index in [0.29, 0.717) is 0 Å². The van der Waals surface area contributed by atoms with E-state index in [1.54, 1.807) is 0 Å². The summed E-state index contributed by atoms with van der Waals surface area (Å²) in [7, 11) is 0. The molecule has 0 aromatic carbocycles. The van der Waals surface area contributed by atoms with E-state index in [2.05, 4.69) is 18.8 Å². The van der Waals surface area contributed by atoms with E-state index < -0.39 is 5.79 Å². The third-order valence-corrected chi connectivity index (χ3v) is 1.23. The van der Waals surface area contributed by atoms with Gasteiger partial charge in [-0.3, -0.25) is 0 Å². The van der Waals surface area contributed by atoms with Crippen molar-refractivity contribution in [2.24, 2.45) is 0 Å². The Labute approximate surface area is 68.2 Å². The highest BCUT2D eigenvalue weighted by Crippen LogP contribution is 1.98. The molecule has 0 aromatic rings. The van der Waals surface area contributed by atoms with Crippen LogP contribution in [0.15, 0.2) is 0 Å². The van der Waals surface area contributed by atoms with Crippen LogP contribution in [0.25, 0.3) is 0 Å². The van der Waals surface area contributed by atoms with Gasteiger partial charge in [-0.25, -0.2) is 0 Å². The van der Waals surface area contributed by atoms with Gasteiger partial charge in [-0.1, -0.05) is 25.7 Å². The Balaban J connectivity index is 3.41. The maximum Gasteiger partial charge on any atom is 0.225 e. The first-order valence-corrected chi connectivity index (χ1v) is 4.01. The molecular weight excluding hydrogens is 140 g/mol. The van der Waals surface area contributed by atoms with Crippen LogP contribution in [0.2, 0.25) is 0 Å². The first-order valence-electron chi connectivity index (χ1n) is 4.01. The summed E-state index contributed by atoms with van der Waals surface area (Å²) in [5.74, 6) is 3.24. The van der Waals surface area contributed by atoms with Crippen LogP contribution in [0.5, 0.6) is 0 Å². The zero-order valence-electron chi connectivity index (χ0n) is 7.22. The van der Waals surface area contributed by atoms with Gasteiger partial charge in [0.05, 0.1) is 0 Å². The second-order valence-corrected chi connectivity index (χ2v) is 2.78. The molecular formula is C9H16O2. The zero-order valence-corrected chi connectivity index (χ0v) is 7.22. The second kappa shape index (κ2) is 5.17. The summed E-state index contributed by atoms with van der Waals surface area (Å²) in [4.78, 5) is 0. The lowest BCUT2D eigenvalue weighted by atomic mass is 10.2. The molecule has 0 aliphatic carbocycles. The average molecular weight is 156 g/mol. The fourth-order valence-corrected chi connectivity index (χ4v) is 0.693. The van der Waals surface area contributed by atoms with Crippen molar-refractivity contribution in [3.05, 3.63) is 0 Å². The van der Waals surface area contributed by atoms with E-state index in [1.807, 2.05) is 0 Å². The van der Waals surface area contributed by atoms with Gasteiger partial charge in [-0.15, -0.1) is 0 Å². The Bertz CT molecular complexity index is 145. The lowest BCUT2D eigenvalue weighted by Gasteiger charge is -2.04. The number of unbranched alkanes of at least 4 members (excludes halogenated alkanes) is 3. The van der Waals surface area contributed by atoms with Crippen LogP contribution in [0.3, 0.4) is 0 Å². The third-order valence-electron chi connectivity index (χ3n) is 1.23. The number of rotatable bonds is 3. The minimum Gasteiger partial charge on any atom is -0.356 e. The predicted molar refractivity (Wildman–Crippen MR) is 44.8 cm³/mol. The molecule has 0 fully saturated rings. The molecule has 0 rings (SSSR count). The number of hydrogen-bond donors (Lipinski definition) is 2. The van der Waals surface area contributed by atoms with E-state index in [4.69, 9.17) is 10.2 Å². The third kappa shape index (κ3) is 9.48. The molecule has 0 atom stereocenters. The maximum absolute atomic E-state index is 8.76. The standard InChI is InChI=1S/C9H16O2/c1-3-4-5-6-7-8-9(2,10)11/h10-11H,3-6H2,1-2H3. The Hall–Kier alpha value is -0.520. The normalized spacial score (nSPS) is 10.5. The van der Waals surface area contributed by atoms with Crippen LogP contribution in [0, 0.1) is 11.8 Å². The van der Waals surface area contributed by atoms with E-state index >= 15 is 0 Å². The molecule has 0 heterocycles. The summed E-state index contributed by atoms with van der Waals surface area (Å²) < 4.78 is 0. The SMILES string of the molecule is CCCCCC#CC(C)(O)O. The highest BCUT2D eigenvalue weighted by molar-refractivity contribution is 5.06. The molecule has 0 saturated carbocycles. The second-order valence-electron chi connectivity index (χ2n) is 2.78. The van der Waals surface area contributed by atoms with Crippen LogP contribution in [0.1, 0.15) is 39.5 Å². The first kappa shape index (κ1) is 10.5. The van der Waals surface area contributed by atoms with E-state index in [0.717, 1.165) is 25.7 Å². The summed E-state index contributed by atoms with van der Waals surface area (Å²) in [6.45, 7) is 3.38. The lowest BCUT2D eigenvalue weighted by Crippen LogP contribution is -2.19. The van der Waals surface area contributed by atoms with Crippen LogP contribution in [-0.2, 0) is 0 Å². The van der Waals surface area contributed by atoms with Gasteiger partial charge in [-0.2, -0.15) is 0 Å². The molecule has 0 spiro atoms. The molecule has 2 heteroatoms. The van der Waals surface area contributed by atoms with Gasteiger partial charge >= 0.3 is 0 Å². The minimum atomic E-state index is -1.81. The average Bonchev–Trinajstić information content (AvgIpc) is 1.85. The van der Waals surface area contributed by atoms with E-state index in [1.165, 1.54) is 6.92 Å². The van der Waals surface area contributed by atoms with Crippen LogP contribution < -0.4 is 0 Å². The first-order chi connectivity index (χ1) is 5.06. The number of hydrogen-bond acceptors (Lipinski definition) is 2. The number of aliphatic hydroxyl groups is 2. The largest absolute Gasteiger partial charge is 0.356 e. The molecule has 0 aromatic heterocycles. The van der Waals surface area contributed by atoms with Gasteiger partial charge in [0.25, 0.3) is 0 Å². The van der Waals surface area contributed by atoms with Crippen molar-refractivity contribution in [3.8, 4) is 11.8 Å². The Kier molecular flexibility index (Phi) is 4.93. The monoisotopic (exact) mass is 156 g/mol. The molecule has 0 amide bonds. The van der Waals surface area contributed by atoms with Gasteiger partial charge in [0.15, 0.2) is 0 Å². The van der Waals surface area contributed by atoms with Crippen LogP contribution in [-0.4, -0.2) is 16.0 Å². The molecule has 0 bridgehead atoms. The molecule has 64 valence electrons. The summed E-state index contributed by atoms with van der Waals surface area (Å²) >= 11 is 0. The van der Waals surface area contributed by atoms with Crippen molar-refractivity contribution in [2.45, 2.75) is 45.3 Å². The van der Waals surface area contributed by atoms with Crippen LogP contribution >= 0.6 is 0 Å². The molecule has 0 unspecified atom stereocenters. The summed E-state index contributed by atoms with van der Waals surface area (Å²) in [5.41, 5.74) is 0. The van der Waals surface area contributed by atoms with E-state index in [-0.39, 0.29) is 0 Å². The summed E-state index contributed by atoms with van der Waals surface area (Å²) in [5, 5.41) is 17.5. The van der Waals surface area contributed by atoms with Gasteiger partial charge in [0, 0.05) is 13.3 Å². The fourth-order valence-electron chi connectivity index (χ4n) is 0.693. The summed E-state index contributed by atoms with van der Waals surface area (Å²) in [6, 6.07) is 0. The predicted octanol–water partition coefficient (Wildman–Crippen LogP) is 1.27. The Morgan fingerprint density at radius 2 is 1.91 bits per heavy atom. The zero-order chi connectivity index (χ0) is 8.74. The van der Waals surface area contributed by atoms with Crippen LogP contribution in [0.4, 0.5) is 0 Å². The molecule has 11 heavy (non-hydrogen) atoms. The highest BCUT2D eigenvalue weighted by Gasteiger charge is 2.07. The molecule has 0 aliphatic heterocycles. The molecule has 0 saturated heterocycles. The molecule has 2 N–H and O–H groups in total. The molecule has 2 nitrogen and oxygen atoms in total. The molecule has 0 aliphatic rings. The molecule has 0 radical (unpaired) electrons. The fraction of sp³-hybridized carbons (Fsp3) is 0.778. The van der Waals surface area contributed by atoms with Crippen molar-refractivity contribution in [3.63, 3.8) is 0 Å². The van der Waals surface area contributed by atoms with Gasteiger partial charge in [-0.05, 0) is 12.3 Å². The van der Waals surface area contributed by atoms with Gasteiger partial charge < -0.3 is 10.2 Å². The smallest absolute Gasteiger partial charge is 0.225 e. The quantitative estimate of drug-likeness (QED) is 0.367. The van der Waals surface area contributed by atoms with Crippen molar-refractivity contribution in [2.75, 3.05) is 0 Å². The highest BCUT2D eigenvalue weighted by atomic mass is 16.5. The van der Waals surface area contributed by atoms with Crippen molar-refractivity contribution in [1.82, 2.24) is 0 Å². The van der Waals surface area contributed by atoms with Crippen molar-refractivity contribution in [1.29, 1.82) is 0 Å². The van der Waals surface area contributed by atoms with Crippen molar-refractivity contribution >= 4 is 0 Å². The van der Waals surface area contributed by atoms with Crippen molar-refractivity contribution < 1.29 is 10.2 Å². The maximum atomic E-state index is 8.76. The Morgan fingerprint density at radius 1 is 1.27 bits per heavy atom. The van der Waals surface area contributed by atoms with Gasteiger partial charge in [0.2, 0.25) is 5.79 Å². The van der Waals surface area contributed by atoms with E-state index in [9.17, 15) is 0 Å².